The van der Waals surface area contributed by atoms with E-state index in [0.717, 1.165) is 29.8 Å². The topological polar surface area (TPSA) is 60.2 Å². The number of hydrogen-bond acceptors (Lipinski definition) is 4. The first-order valence-electron chi connectivity index (χ1n) is 6.11. The molecule has 18 heavy (non-hydrogen) atoms. The summed E-state index contributed by atoms with van der Waals surface area (Å²) in [6, 6.07) is 2.13. The van der Waals surface area contributed by atoms with E-state index in [4.69, 9.17) is 22.7 Å². The predicted molar refractivity (Wildman–Crippen MR) is 79.1 cm³/mol. The minimum atomic E-state index is 0.224. The second kappa shape index (κ2) is 7.28. The highest BCUT2D eigenvalue weighted by molar-refractivity contribution is 7.80. The summed E-state index contributed by atoms with van der Waals surface area (Å²) in [6.45, 7) is 4.76. The van der Waals surface area contributed by atoms with Crippen LogP contribution in [0.2, 0.25) is 0 Å². The zero-order chi connectivity index (χ0) is 13.5. The summed E-state index contributed by atoms with van der Waals surface area (Å²) in [5, 5.41) is 3.37. The quantitative estimate of drug-likeness (QED) is 0.742. The van der Waals surface area contributed by atoms with Crippen molar-refractivity contribution in [1.82, 2.24) is 4.98 Å². The lowest BCUT2D eigenvalue weighted by molar-refractivity contribution is 0.182. The van der Waals surface area contributed by atoms with E-state index in [2.05, 4.69) is 17.2 Å². The van der Waals surface area contributed by atoms with Gasteiger partial charge < -0.3 is 15.8 Å². The summed E-state index contributed by atoms with van der Waals surface area (Å²) < 4.78 is 5.20. The molecule has 1 atom stereocenters. The summed E-state index contributed by atoms with van der Waals surface area (Å²) >= 11 is 5.09. The van der Waals surface area contributed by atoms with Crippen molar-refractivity contribution in [1.29, 1.82) is 0 Å². The zero-order valence-electron chi connectivity index (χ0n) is 11.2. The summed E-state index contributed by atoms with van der Waals surface area (Å²) in [4.78, 5) is 4.70. The Labute approximate surface area is 114 Å². The van der Waals surface area contributed by atoms with Crippen LogP contribution in [-0.4, -0.2) is 29.7 Å². The number of anilines is 1. The molecule has 0 saturated carbocycles. The van der Waals surface area contributed by atoms with Crippen LogP contribution in [-0.2, 0) is 4.74 Å². The Morgan fingerprint density at radius 1 is 1.61 bits per heavy atom. The van der Waals surface area contributed by atoms with Gasteiger partial charge in [-0.05, 0) is 25.0 Å². The van der Waals surface area contributed by atoms with Gasteiger partial charge in [0.1, 0.15) is 10.8 Å². The lowest BCUT2D eigenvalue weighted by Crippen LogP contribution is -2.27. The van der Waals surface area contributed by atoms with Gasteiger partial charge in [-0.25, -0.2) is 4.98 Å². The largest absolute Gasteiger partial charge is 0.389 e. The van der Waals surface area contributed by atoms with Gasteiger partial charge in [0, 0.05) is 13.3 Å². The molecular weight excluding hydrogens is 246 g/mol. The van der Waals surface area contributed by atoms with Crippen molar-refractivity contribution < 1.29 is 4.74 Å². The molecule has 100 valence electrons. The predicted octanol–water partition coefficient (Wildman–Crippen LogP) is 2.25. The van der Waals surface area contributed by atoms with Gasteiger partial charge in [0.2, 0.25) is 0 Å². The number of aromatic nitrogens is 1. The number of pyridine rings is 1. The number of thiocarbonyl (C=S) groups is 1. The van der Waals surface area contributed by atoms with Gasteiger partial charge >= 0.3 is 0 Å². The second-order valence-electron chi connectivity index (χ2n) is 4.30. The Balaban J connectivity index is 2.94. The average molecular weight is 267 g/mol. The van der Waals surface area contributed by atoms with Crippen LogP contribution in [0, 0.1) is 6.92 Å². The molecule has 0 aliphatic heterocycles. The van der Waals surface area contributed by atoms with E-state index in [9.17, 15) is 0 Å². The molecule has 1 aromatic rings. The van der Waals surface area contributed by atoms with E-state index in [-0.39, 0.29) is 6.04 Å². The molecule has 1 unspecified atom stereocenters. The number of nitrogens with two attached hydrogens (primary N) is 1. The number of rotatable bonds is 7. The molecule has 0 saturated heterocycles. The maximum absolute atomic E-state index is 5.76. The van der Waals surface area contributed by atoms with E-state index in [1.165, 1.54) is 0 Å². The molecule has 4 nitrogen and oxygen atoms in total. The number of aryl methyl sites for hydroxylation is 1. The number of nitrogens with zero attached hydrogens (tertiary/aromatic N) is 1. The summed E-state index contributed by atoms with van der Waals surface area (Å²) in [5.74, 6) is 0.748. The number of methoxy groups -OCH3 is 1. The Morgan fingerprint density at radius 2 is 2.33 bits per heavy atom. The fraction of sp³-hybridized carbons (Fsp3) is 0.538. The summed E-state index contributed by atoms with van der Waals surface area (Å²) in [7, 11) is 1.70. The first-order valence-corrected chi connectivity index (χ1v) is 6.51. The van der Waals surface area contributed by atoms with Gasteiger partial charge in [-0.15, -0.1) is 0 Å². The molecule has 0 amide bonds. The molecule has 0 aliphatic carbocycles. The molecule has 0 fully saturated rings. The number of nitrogens with one attached hydrogen (secondary N) is 1. The third-order valence-electron chi connectivity index (χ3n) is 2.75. The normalized spacial score (nSPS) is 12.2. The maximum atomic E-state index is 5.76. The molecule has 0 bridgehead atoms. The van der Waals surface area contributed by atoms with Crippen molar-refractivity contribution in [2.24, 2.45) is 5.73 Å². The molecule has 0 aromatic carbocycles. The van der Waals surface area contributed by atoms with Crippen LogP contribution in [0.25, 0.3) is 0 Å². The van der Waals surface area contributed by atoms with Crippen LogP contribution in [0.5, 0.6) is 0 Å². The van der Waals surface area contributed by atoms with E-state index < -0.39 is 0 Å². The van der Waals surface area contributed by atoms with Crippen molar-refractivity contribution in [2.75, 3.05) is 19.0 Å². The van der Waals surface area contributed by atoms with Gasteiger partial charge in [-0.3, -0.25) is 0 Å². The van der Waals surface area contributed by atoms with Gasteiger partial charge in [0.25, 0.3) is 0 Å². The minimum absolute atomic E-state index is 0.224. The number of ether oxygens (including phenoxy) is 1. The van der Waals surface area contributed by atoms with Gasteiger partial charge in [0.15, 0.2) is 0 Å². The molecular formula is C13H21N3OS. The molecule has 1 heterocycles. The van der Waals surface area contributed by atoms with Crippen LogP contribution in [0.1, 0.15) is 30.9 Å². The van der Waals surface area contributed by atoms with Crippen molar-refractivity contribution in [3.63, 3.8) is 0 Å². The Morgan fingerprint density at radius 3 is 2.89 bits per heavy atom. The zero-order valence-corrected chi connectivity index (χ0v) is 12.0. The molecule has 3 N–H and O–H groups in total. The highest BCUT2D eigenvalue weighted by atomic mass is 32.1. The van der Waals surface area contributed by atoms with Crippen molar-refractivity contribution in [3.8, 4) is 0 Å². The van der Waals surface area contributed by atoms with Crippen molar-refractivity contribution >= 4 is 23.0 Å². The van der Waals surface area contributed by atoms with Crippen LogP contribution < -0.4 is 11.1 Å². The van der Waals surface area contributed by atoms with Crippen LogP contribution in [0.4, 0.5) is 5.82 Å². The van der Waals surface area contributed by atoms with Gasteiger partial charge in [-0.1, -0.05) is 25.6 Å². The van der Waals surface area contributed by atoms with Crippen LogP contribution in [0.3, 0.4) is 0 Å². The first-order chi connectivity index (χ1) is 8.60. The van der Waals surface area contributed by atoms with Crippen molar-refractivity contribution in [2.45, 2.75) is 32.7 Å². The molecule has 5 heteroatoms. The Hall–Kier alpha value is -1.20. The fourth-order valence-corrected chi connectivity index (χ4v) is 2.18. The lowest BCUT2D eigenvalue weighted by Gasteiger charge is -2.20. The van der Waals surface area contributed by atoms with Gasteiger partial charge in [0.05, 0.1) is 18.2 Å². The fourth-order valence-electron chi connectivity index (χ4n) is 1.92. The molecule has 1 rings (SSSR count). The van der Waals surface area contributed by atoms with E-state index >= 15 is 0 Å². The highest BCUT2D eigenvalue weighted by Crippen LogP contribution is 2.18. The van der Waals surface area contributed by atoms with E-state index in [0.29, 0.717) is 11.6 Å². The third kappa shape index (κ3) is 3.92. The minimum Gasteiger partial charge on any atom is -0.389 e. The standard InChI is InChI=1S/C13H21N3OS/c1-4-5-10(8-17-3)16-13-11(12(14)18)9(2)6-7-15-13/h6-7,10H,4-5,8H2,1-3H3,(H2,14,18)(H,15,16). The Bertz CT molecular complexity index is 403. The van der Waals surface area contributed by atoms with Crippen LogP contribution >= 0.6 is 12.2 Å². The molecule has 0 aliphatic rings. The summed E-state index contributed by atoms with van der Waals surface area (Å²) in [5.41, 5.74) is 7.62. The van der Waals surface area contributed by atoms with Crippen molar-refractivity contribution in [3.05, 3.63) is 23.4 Å². The Kier molecular flexibility index (Phi) is 6.01. The second-order valence-corrected chi connectivity index (χ2v) is 4.74. The SMILES string of the molecule is CCCC(COC)Nc1nccc(C)c1C(N)=S. The third-order valence-corrected chi connectivity index (χ3v) is 2.96. The highest BCUT2D eigenvalue weighted by Gasteiger charge is 2.14. The van der Waals surface area contributed by atoms with Gasteiger partial charge in [-0.2, -0.15) is 0 Å². The smallest absolute Gasteiger partial charge is 0.136 e. The number of hydrogen-bond donors (Lipinski definition) is 2. The lowest BCUT2D eigenvalue weighted by atomic mass is 10.1. The molecule has 0 radical (unpaired) electrons. The first kappa shape index (κ1) is 14.9. The van der Waals surface area contributed by atoms with Crippen LogP contribution in [0.15, 0.2) is 12.3 Å². The monoisotopic (exact) mass is 267 g/mol. The van der Waals surface area contributed by atoms with E-state index in [1.54, 1.807) is 13.3 Å². The average Bonchev–Trinajstić information content (AvgIpc) is 2.29. The molecule has 1 aromatic heterocycles. The van der Waals surface area contributed by atoms with E-state index in [1.807, 2.05) is 13.0 Å². The maximum Gasteiger partial charge on any atom is 0.136 e. The molecule has 0 spiro atoms. The summed E-state index contributed by atoms with van der Waals surface area (Å²) in [6.07, 6.45) is 3.85.